The van der Waals surface area contributed by atoms with Gasteiger partial charge in [-0.1, -0.05) is 23.7 Å². The molecule has 204 valence electrons. The van der Waals surface area contributed by atoms with E-state index in [1.54, 1.807) is 29.8 Å². The zero-order chi connectivity index (χ0) is 27.7. The maximum Gasteiger partial charge on any atom is 0.338 e. The van der Waals surface area contributed by atoms with Gasteiger partial charge < -0.3 is 19.1 Å². The summed E-state index contributed by atoms with van der Waals surface area (Å²) in [6.07, 6.45) is 1.74. The fourth-order valence-corrected chi connectivity index (χ4v) is 5.08. The summed E-state index contributed by atoms with van der Waals surface area (Å²) in [6, 6.07) is 11.4. The summed E-state index contributed by atoms with van der Waals surface area (Å²) in [6.45, 7) is 2.16. The highest BCUT2D eigenvalue weighted by molar-refractivity contribution is 6.30. The van der Waals surface area contributed by atoms with Crippen molar-refractivity contribution in [3.05, 3.63) is 81.8 Å². The molecule has 1 fully saturated rings. The van der Waals surface area contributed by atoms with Crippen LogP contribution in [0.3, 0.4) is 0 Å². The molecule has 0 saturated carbocycles. The molecule has 2 aromatic carbocycles. The lowest BCUT2D eigenvalue weighted by Crippen LogP contribution is -2.33. The monoisotopic (exact) mass is 556 g/mol. The molecule has 3 heterocycles. The number of benzene rings is 2. The number of aromatic nitrogens is 3. The number of piperidine rings is 1. The van der Waals surface area contributed by atoms with Gasteiger partial charge in [-0.05, 0) is 50.2 Å². The van der Waals surface area contributed by atoms with E-state index in [1.807, 2.05) is 12.1 Å². The van der Waals surface area contributed by atoms with Crippen LogP contribution in [0, 0.1) is 11.6 Å². The van der Waals surface area contributed by atoms with Gasteiger partial charge in [0.1, 0.15) is 29.3 Å². The van der Waals surface area contributed by atoms with Crippen LogP contribution in [0.2, 0.25) is 5.02 Å². The maximum absolute atomic E-state index is 14.7. The Bertz CT molecular complexity index is 1540. The maximum atomic E-state index is 14.7. The standard InChI is InChI=1S/C28H27ClF2N4O4/c1-34-22-13-19(28(36)37)25(31)27(38-2)26(22)33-23(34)14-35-10-8-16(9-11-35)21-4-3-5-24(32-21)39-15-17-6-7-18(29)12-20(17)30/h3-7,12-13,16H,8-11,14-15H2,1-2H3,(H,36,37). The Morgan fingerprint density at radius 1 is 1.15 bits per heavy atom. The summed E-state index contributed by atoms with van der Waals surface area (Å²) in [5, 5.41) is 9.71. The van der Waals surface area contributed by atoms with Gasteiger partial charge in [-0.2, -0.15) is 0 Å². The first-order valence-corrected chi connectivity index (χ1v) is 12.8. The van der Waals surface area contributed by atoms with Gasteiger partial charge >= 0.3 is 5.97 Å². The Hall–Kier alpha value is -3.76. The number of likely N-dealkylation sites (tertiary alicyclic amines) is 1. The number of aryl methyl sites for hydroxylation is 1. The SMILES string of the molecule is COc1c(F)c(C(=O)O)cc2c1nc(CN1CCC(c3cccc(OCc4ccc(Cl)cc4F)n3)CC1)n2C. The summed E-state index contributed by atoms with van der Waals surface area (Å²) in [5.41, 5.74) is 1.67. The molecule has 11 heteroatoms. The van der Waals surface area contributed by atoms with Gasteiger partial charge in [0, 0.05) is 35.3 Å². The van der Waals surface area contributed by atoms with Gasteiger partial charge in [0.05, 0.1) is 19.2 Å². The minimum Gasteiger partial charge on any atom is -0.491 e. The van der Waals surface area contributed by atoms with Crippen LogP contribution in [0.15, 0.2) is 42.5 Å². The van der Waals surface area contributed by atoms with Crippen LogP contribution in [0.1, 0.15) is 46.2 Å². The number of fused-ring (bicyclic) bond motifs is 1. The number of aromatic carboxylic acids is 1. The number of carboxylic acids is 1. The lowest BCUT2D eigenvalue weighted by Gasteiger charge is -2.31. The van der Waals surface area contributed by atoms with E-state index in [4.69, 9.17) is 21.1 Å². The van der Waals surface area contributed by atoms with Crippen LogP contribution in [-0.4, -0.2) is 50.7 Å². The molecule has 0 atom stereocenters. The summed E-state index contributed by atoms with van der Waals surface area (Å²) < 4.78 is 41.4. The predicted molar refractivity (Wildman–Crippen MR) is 141 cm³/mol. The van der Waals surface area contributed by atoms with Crippen molar-refractivity contribution < 1.29 is 28.2 Å². The third kappa shape index (κ3) is 5.53. The fourth-order valence-electron chi connectivity index (χ4n) is 4.92. The van der Waals surface area contributed by atoms with Crippen LogP contribution in [0.25, 0.3) is 11.0 Å². The van der Waals surface area contributed by atoms with Crippen molar-refractivity contribution in [1.82, 2.24) is 19.4 Å². The van der Waals surface area contributed by atoms with E-state index in [-0.39, 0.29) is 18.3 Å². The van der Waals surface area contributed by atoms with Crippen LogP contribution in [-0.2, 0) is 20.2 Å². The first-order chi connectivity index (χ1) is 18.7. The second kappa shape index (κ2) is 11.2. The van der Waals surface area contributed by atoms with Gasteiger partial charge in [-0.25, -0.2) is 23.5 Å². The van der Waals surface area contributed by atoms with E-state index in [0.717, 1.165) is 31.6 Å². The smallest absolute Gasteiger partial charge is 0.338 e. The lowest BCUT2D eigenvalue weighted by atomic mass is 9.93. The average molecular weight is 557 g/mol. The predicted octanol–water partition coefficient (Wildman–Crippen LogP) is 5.57. The van der Waals surface area contributed by atoms with Crippen LogP contribution < -0.4 is 9.47 Å². The molecule has 0 unspecified atom stereocenters. The minimum absolute atomic E-state index is 0.0541. The third-order valence-electron chi connectivity index (χ3n) is 7.11. The minimum atomic E-state index is -1.36. The Morgan fingerprint density at radius 2 is 1.92 bits per heavy atom. The van der Waals surface area contributed by atoms with Crippen molar-refractivity contribution in [2.75, 3.05) is 20.2 Å². The van der Waals surface area contributed by atoms with E-state index < -0.39 is 23.2 Å². The van der Waals surface area contributed by atoms with Crippen molar-refractivity contribution in [1.29, 1.82) is 0 Å². The van der Waals surface area contributed by atoms with E-state index >= 15 is 0 Å². The summed E-state index contributed by atoms with van der Waals surface area (Å²) in [7, 11) is 3.08. The topological polar surface area (TPSA) is 89.7 Å². The molecule has 8 nitrogen and oxygen atoms in total. The number of pyridine rings is 1. The Morgan fingerprint density at radius 3 is 2.62 bits per heavy atom. The molecule has 39 heavy (non-hydrogen) atoms. The van der Waals surface area contributed by atoms with Gasteiger partial charge in [0.2, 0.25) is 5.88 Å². The number of carboxylic acid groups (broad SMARTS) is 1. The van der Waals surface area contributed by atoms with Crippen LogP contribution in [0.4, 0.5) is 8.78 Å². The van der Waals surface area contributed by atoms with Gasteiger partial charge in [-0.3, -0.25) is 4.90 Å². The molecule has 1 aliphatic rings. The summed E-state index contributed by atoms with van der Waals surface area (Å²) >= 11 is 5.82. The number of methoxy groups -OCH3 is 1. The number of hydrogen-bond acceptors (Lipinski definition) is 6. The van der Waals surface area contributed by atoms with E-state index in [2.05, 4.69) is 14.9 Å². The highest BCUT2D eigenvalue weighted by atomic mass is 35.5. The number of hydrogen-bond donors (Lipinski definition) is 1. The second-order valence-electron chi connectivity index (χ2n) is 9.51. The molecule has 0 spiro atoms. The molecular formula is C28H27ClF2N4O4. The number of halogens is 3. The van der Waals surface area contributed by atoms with Crippen molar-refractivity contribution in [3.63, 3.8) is 0 Å². The lowest BCUT2D eigenvalue weighted by molar-refractivity contribution is 0.0691. The van der Waals surface area contributed by atoms with Crippen molar-refractivity contribution in [3.8, 4) is 11.6 Å². The summed E-state index contributed by atoms with van der Waals surface area (Å²) in [4.78, 5) is 23.0. The van der Waals surface area contributed by atoms with Crippen LogP contribution in [0.5, 0.6) is 11.6 Å². The number of carbonyl (C=O) groups is 1. The van der Waals surface area contributed by atoms with Crippen molar-refractivity contribution in [2.45, 2.75) is 31.9 Å². The number of imidazole rings is 1. The van der Waals surface area contributed by atoms with Crippen molar-refractivity contribution >= 4 is 28.6 Å². The molecule has 4 aromatic rings. The Labute approximate surface area is 228 Å². The molecule has 1 N–H and O–H groups in total. The Balaban J connectivity index is 1.24. The van der Waals surface area contributed by atoms with Gasteiger partial charge in [0.25, 0.3) is 0 Å². The normalized spacial score (nSPS) is 14.6. The first-order valence-electron chi connectivity index (χ1n) is 12.5. The van der Waals surface area contributed by atoms with E-state index in [9.17, 15) is 18.7 Å². The number of nitrogens with zero attached hydrogens (tertiary/aromatic N) is 4. The van der Waals surface area contributed by atoms with Crippen LogP contribution >= 0.6 is 11.6 Å². The van der Waals surface area contributed by atoms with Gasteiger partial charge in [-0.15, -0.1) is 0 Å². The van der Waals surface area contributed by atoms with E-state index in [1.165, 1.54) is 19.2 Å². The molecule has 1 saturated heterocycles. The molecule has 2 aromatic heterocycles. The first kappa shape index (κ1) is 26.8. The third-order valence-corrected chi connectivity index (χ3v) is 7.34. The largest absolute Gasteiger partial charge is 0.491 e. The quantitative estimate of drug-likeness (QED) is 0.304. The zero-order valence-electron chi connectivity index (χ0n) is 21.5. The molecule has 5 rings (SSSR count). The Kier molecular flexibility index (Phi) is 7.67. The summed E-state index contributed by atoms with van der Waals surface area (Å²) in [5.74, 6) is -1.52. The van der Waals surface area contributed by atoms with E-state index in [0.29, 0.717) is 39.9 Å². The molecule has 0 aliphatic carbocycles. The van der Waals surface area contributed by atoms with Gasteiger partial charge in [0.15, 0.2) is 11.6 Å². The molecular weight excluding hydrogens is 530 g/mol. The second-order valence-corrected chi connectivity index (χ2v) is 9.94. The highest BCUT2D eigenvalue weighted by Gasteiger charge is 2.26. The molecule has 0 bridgehead atoms. The highest BCUT2D eigenvalue weighted by Crippen LogP contribution is 2.33. The molecule has 0 radical (unpaired) electrons. The average Bonchev–Trinajstić information content (AvgIpc) is 3.22. The fraction of sp³-hybridized carbons (Fsp3) is 0.321. The molecule has 1 aliphatic heterocycles. The number of ether oxygens (including phenoxy) is 2. The number of rotatable bonds is 8. The van der Waals surface area contributed by atoms with Crippen molar-refractivity contribution in [2.24, 2.45) is 7.05 Å². The zero-order valence-corrected chi connectivity index (χ0v) is 22.2. The molecule has 0 amide bonds.